The van der Waals surface area contributed by atoms with E-state index in [0.29, 0.717) is 38.5 Å². The lowest BCUT2D eigenvalue weighted by molar-refractivity contribution is -0.175. The topological polar surface area (TPSA) is 118 Å². The Bertz CT molecular complexity index is 863. The third kappa shape index (κ3) is 3.51. The van der Waals surface area contributed by atoms with Gasteiger partial charge < -0.3 is 25.5 Å². The first-order valence-electron chi connectivity index (χ1n) is 12.6. The Labute approximate surface area is 197 Å². The number of carbonyl (C=O) groups is 1. The monoisotopic (exact) mass is 462 g/mol. The smallest absolute Gasteiger partial charge is 0.159 e. The molecule has 3 saturated carbocycles. The number of rotatable bonds is 5. The zero-order chi connectivity index (χ0) is 24.6. The number of fused-ring (bicyclic) bond motifs is 5. The highest BCUT2D eigenvalue weighted by Crippen LogP contribution is 2.68. The first kappa shape index (κ1) is 25.1. The van der Waals surface area contributed by atoms with E-state index in [1.807, 2.05) is 20.8 Å². The minimum absolute atomic E-state index is 0.0579. The lowest BCUT2D eigenvalue weighted by Gasteiger charge is -2.60. The van der Waals surface area contributed by atoms with Gasteiger partial charge in [-0.1, -0.05) is 19.4 Å². The number of aliphatic hydroxyl groups is 5. The van der Waals surface area contributed by atoms with Gasteiger partial charge in [0.25, 0.3) is 0 Å². The Hall–Kier alpha value is -1.05. The SMILES string of the molecule is C=C(C)CC[C@@H](O)[C@](C)(O)[C@H]1CC[C@@]2(O)C3=CC(=O)C4C[C@@H](O)[C@@H](O)C[C@]4(C)C3CC[C@]12C. The quantitative estimate of drug-likeness (QED) is 0.401. The van der Waals surface area contributed by atoms with Gasteiger partial charge in [-0.2, -0.15) is 0 Å². The predicted octanol–water partition coefficient (Wildman–Crippen LogP) is 2.66. The fourth-order valence-corrected chi connectivity index (χ4v) is 8.22. The number of hydrogen-bond donors (Lipinski definition) is 5. The first-order chi connectivity index (χ1) is 15.2. The van der Waals surface area contributed by atoms with Gasteiger partial charge in [0, 0.05) is 11.3 Å². The molecule has 10 atom stereocenters. The van der Waals surface area contributed by atoms with E-state index in [1.54, 1.807) is 13.0 Å². The Morgan fingerprint density at radius 2 is 1.88 bits per heavy atom. The largest absolute Gasteiger partial charge is 0.390 e. The van der Waals surface area contributed by atoms with Crippen LogP contribution in [0.2, 0.25) is 0 Å². The molecular weight excluding hydrogens is 420 g/mol. The van der Waals surface area contributed by atoms with Crippen LogP contribution in [-0.2, 0) is 4.79 Å². The van der Waals surface area contributed by atoms with Gasteiger partial charge in [0.1, 0.15) is 0 Å². The first-order valence-corrected chi connectivity index (χ1v) is 12.6. The van der Waals surface area contributed by atoms with E-state index < -0.39 is 40.3 Å². The maximum atomic E-state index is 13.2. The minimum atomic E-state index is -1.38. The van der Waals surface area contributed by atoms with E-state index in [2.05, 4.69) is 6.58 Å². The minimum Gasteiger partial charge on any atom is -0.390 e. The average Bonchev–Trinajstić information content (AvgIpc) is 3.00. The van der Waals surface area contributed by atoms with Crippen molar-refractivity contribution in [2.24, 2.45) is 28.6 Å². The third-order valence-electron chi connectivity index (χ3n) is 10.3. The summed E-state index contributed by atoms with van der Waals surface area (Å²) in [5.74, 6) is -0.820. The molecule has 0 amide bonds. The van der Waals surface area contributed by atoms with E-state index in [0.717, 1.165) is 17.6 Å². The van der Waals surface area contributed by atoms with Crippen molar-refractivity contribution in [3.05, 3.63) is 23.8 Å². The number of carbonyl (C=O) groups excluding carboxylic acids is 1. The van der Waals surface area contributed by atoms with Gasteiger partial charge in [0.15, 0.2) is 5.78 Å². The molecule has 186 valence electrons. The standard InChI is InChI=1S/C27H42O6/c1-15(2)6-7-23(31)26(5,32)22-9-11-27(33)17-12-19(28)18-13-20(29)21(30)14-24(18,3)16(17)8-10-25(22,27)4/h12,16,18,20-23,29-33H,1,6-11,13-14H2,2-5H3/t16?,18?,20-,21+,22+,23-,24-,25-,26-,27-/m1/s1. The lowest BCUT2D eigenvalue weighted by Crippen LogP contribution is -2.62. The summed E-state index contributed by atoms with van der Waals surface area (Å²) in [6.45, 7) is 11.5. The van der Waals surface area contributed by atoms with E-state index in [-0.39, 0.29) is 30.0 Å². The molecule has 0 heterocycles. The van der Waals surface area contributed by atoms with Crippen molar-refractivity contribution in [1.29, 1.82) is 0 Å². The van der Waals surface area contributed by atoms with Crippen molar-refractivity contribution in [2.75, 3.05) is 0 Å². The Morgan fingerprint density at radius 1 is 1.21 bits per heavy atom. The van der Waals surface area contributed by atoms with E-state index in [4.69, 9.17) is 0 Å². The van der Waals surface area contributed by atoms with Crippen molar-refractivity contribution >= 4 is 5.78 Å². The maximum Gasteiger partial charge on any atom is 0.159 e. The molecule has 0 aromatic heterocycles. The second kappa shape index (κ2) is 7.99. The van der Waals surface area contributed by atoms with Crippen LogP contribution in [0.5, 0.6) is 0 Å². The summed E-state index contributed by atoms with van der Waals surface area (Å²) in [7, 11) is 0. The molecule has 5 N–H and O–H groups in total. The molecule has 0 aliphatic heterocycles. The molecule has 0 radical (unpaired) electrons. The fraction of sp³-hybridized carbons (Fsp3) is 0.815. The van der Waals surface area contributed by atoms with Crippen LogP contribution in [-0.4, -0.2) is 60.8 Å². The summed E-state index contributed by atoms with van der Waals surface area (Å²) in [5, 5.41) is 55.3. The van der Waals surface area contributed by atoms with Crippen molar-refractivity contribution < 1.29 is 30.3 Å². The van der Waals surface area contributed by atoms with Gasteiger partial charge in [-0.05, 0) is 94.1 Å². The number of hydrogen-bond acceptors (Lipinski definition) is 6. The molecule has 0 saturated heterocycles. The van der Waals surface area contributed by atoms with Crippen molar-refractivity contribution in [2.45, 2.75) is 109 Å². The third-order valence-corrected chi connectivity index (χ3v) is 10.3. The highest BCUT2D eigenvalue weighted by Gasteiger charge is 2.69. The summed E-state index contributed by atoms with van der Waals surface area (Å²) in [4.78, 5) is 13.2. The Kier molecular flexibility index (Phi) is 6.07. The molecule has 4 rings (SSSR count). The molecule has 0 aromatic carbocycles. The molecule has 0 bridgehead atoms. The van der Waals surface area contributed by atoms with Gasteiger partial charge in [-0.25, -0.2) is 0 Å². The summed E-state index contributed by atoms with van der Waals surface area (Å²) in [6, 6.07) is 0. The predicted molar refractivity (Wildman–Crippen MR) is 125 cm³/mol. The zero-order valence-corrected chi connectivity index (χ0v) is 20.5. The molecule has 6 heteroatoms. The van der Waals surface area contributed by atoms with Crippen LogP contribution in [0.3, 0.4) is 0 Å². The van der Waals surface area contributed by atoms with Gasteiger partial charge in [0.05, 0.1) is 29.5 Å². The summed E-state index contributed by atoms with van der Waals surface area (Å²) in [5.41, 5.74) is -2.13. The highest BCUT2D eigenvalue weighted by molar-refractivity contribution is 5.95. The van der Waals surface area contributed by atoms with Crippen LogP contribution >= 0.6 is 0 Å². The summed E-state index contributed by atoms with van der Waals surface area (Å²) < 4.78 is 0. The van der Waals surface area contributed by atoms with E-state index >= 15 is 0 Å². The fourth-order valence-electron chi connectivity index (χ4n) is 8.22. The molecule has 6 nitrogen and oxygen atoms in total. The average molecular weight is 463 g/mol. The molecule has 0 aromatic rings. The molecule has 4 aliphatic carbocycles. The normalized spacial score (nSPS) is 47.6. The molecule has 0 spiro atoms. The van der Waals surface area contributed by atoms with Crippen LogP contribution in [0.25, 0.3) is 0 Å². The van der Waals surface area contributed by atoms with Gasteiger partial charge in [-0.3, -0.25) is 4.79 Å². The lowest BCUT2D eigenvalue weighted by atomic mass is 9.45. The van der Waals surface area contributed by atoms with Gasteiger partial charge in [0.2, 0.25) is 0 Å². The van der Waals surface area contributed by atoms with Crippen LogP contribution < -0.4 is 0 Å². The maximum absolute atomic E-state index is 13.2. The molecule has 4 aliphatic rings. The molecule has 3 fully saturated rings. The molecule has 33 heavy (non-hydrogen) atoms. The second-order valence-corrected chi connectivity index (χ2v) is 12.3. The van der Waals surface area contributed by atoms with Crippen molar-refractivity contribution in [3.8, 4) is 0 Å². The van der Waals surface area contributed by atoms with Crippen LogP contribution in [0.4, 0.5) is 0 Å². The van der Waals surface area contributed by atoms with Crippen LogP contribution in [0.15, 0.2) is 23.8 Å². The van der Waals surface area contributed by atoms with E-state index in [1.165, 1.54) is 0 Å². The Balaban J connectivity index is 1.69. The van der Waals surface area contributed by atoms with Crippen molar-refractivity contribution in [3.63, 3.8) is 0 Å². The molecular formula is C27H42O6. The summed E-state index contributed by atoms with van der Waals surface area (Å²) >= 11 is 0. The number of ketones is 1. The second-order valence-electron chi connectivity index (χ2n) is 12.3. The van der Waals surface area contributed by atoms with E-state index in [9.17, 15) is 30.3 Å². The van der Waals surface area contributed by atoms with Crippen LogP contribution in [0.1, 0.15) is 79.1 Å². The Morgan fingerprint density at radius 3 is 2.52 bits per heavy atom. The number of aliphatic hydroxyl groups excluding tert-OH is 3. The summed E-state index contributed by atoms with van der Waals surface area (Å²) in [6.07, 6.45) is 2.92. The highest BCUT2D eigenvalue weighted by atomic mass is 16.3. The van der Waals surface area contributed by atoms with Crippen molar-refractivity contribution in [1.82, 2.24) is 0 Å². The zero-order valence-electron chi connectivity index (χ0n) is 20.5. The van der Waals surface area contributed by atoms with Gasteiger partial charge in [-0.15, -0.1) is 6.58 Å². The van der Waals surface area contributed by atoms with Gasteiger partial charge >= 0.3 is 0 Å². The number of allylic oxidation sites excluding steroid dienone is 2. The molecule has 2 unspecified atom stereocenters. The van der Waals surface area contributed by atoms with Crippen LogP contribution in [0, 0.1) is 28.6 Å².